The fraction of sp³-hybridized carbons (Fsp3) is 0.409. The Morgan fingerprint density at radius 2 is 1.70 bits per heavy atom. The van der Waals surface area contributed by atoms with Crippen LogP contribution in [0, 0.1) is 6.92 Å². The van der Waals surface area contributed by atoms with Crippen LogP contribution in [0.2, 0.25) is 0 Å². The lowest BCUT2D eigenvalue weighted by atomic mass is 9.95. The van der Waals surface area contributed by atoms with Gasteiger partial charge in [0.25, 0.3) is 5.91 Å². The molecule has 0 atom stereocenters. The molecule has 1 aliphatic carbocycles. The highest BCUT2D eigenvalue weighted by molar-refractivity contribution is 5.92. The normalized spacial score (nSPS) is 14.4. The van der Waals surface area contributed by atoms with Crippen LogP contribution < -0.4 is 20.1 Å². The number of methoxy groups -OCH3 is 1. The van der Waals surface area contributed by atoms with Gasteiger partial charge >= 0.3 is 0 Å². The van der Waals surface area contributed by atoms with Crippen LogP contribution in [0.3, 0.4) is 0 Å². The van der Waals surface area contributed by atoms with Crippen LogP contribution in [0.25, 0.3) is 0 Å². The first kappa shape index (κ1) is 19.1. The van der Waals surface area contributed by atoms with Gasteiger partial charge in [-0.2, -0.15) is 0 Å². The molecule has 1 amide bonds. The van der Waals surface area contributed by atoms with Gasteiger partial charge in [0.1, 0.15) is 0 Å². The van der Waals surface area contributed by atoms with E-state index in [1.807, 2.05) is 49.4 Å². The van der Waals surface area contributed by atoms with Gasteiger partial charge in [0.15, 0.2) is 18.1 Å². The lowest BCUT2D eigenvalue weighted by Gasteiger charge is -2.23. The maximum absolute atomic E-state index is 12.2. The molecule has 0 heterocycles. The number of ether oxygens (including phenoxy) is 2. The summed E-state index contributed by atoms with van der Waals surface area (Å²) in [5.41, 5.74) is 2.93. The summed E-state index contributed by atoms with van der Waals surface area (Å²) in [6, 6.07) is 14.0. The summed E-state index contributed by atoms with van der Waals surface area (Å²) in [6.45, 7) is 1.91. The second kappa shape index (κ2) is 9.31. The Bertz CT molecular complexity index is 753. The van der Waals surface area contributed by atoms with E-state index in [1.165, 1.54) is 32.1 Å². The molecule has 0 aromatic heterocycles. The first-order valence-corrected chi connectivity index (χ1v) is 9.58. The number of rotatable bonds is 7. The first-order valence-electron chi connectivity index (χ1n) is 9.58. The van der Waals surface area contributed by atoms with E-state index < -0.39 is 0 Å². The molecule has 0 spiro atoms. The molecule has 1 aliphatic rings. The van der Waals surface area contributed by atoms with Crippen molar-refractivity contribution in [3.05, 3.63) is 48.0 Å². The lowest BCUT2D eigenvalue weighted by Crippen LogP contribution is -2.22. The average molecular weight is 368 g/mol. The van der Waals surface area contributed by atoms with Crippen molar-refractivity contribution in [3.63, 3.8) is 0 Å². The third-order valence-electron chi connectivity index (χ3n) is 4.82. The van der Waals surface area contributed by atoms with E-state index >= 15 is 0 Å². The predicted molar refractivity (Wildman–Crippen MR) is 109 cm³/mol. The zero-order chi connectivity index (χ0) is 19.1. The molecule has 2 N–H and O–H groups in total. The van der Waals surface area contributed by atoms with Gasteiger partial charge in [-0.1, -0.05) is 25.3 Å². The van der Waals surface area contributed by atoms with Gasteiger partial charge in [-0.05, 0) is 61.7 Å². The summed E-state index contributed by atoms with van der Waals surface area (Å²) in [4.78, 5) is 12.2. The Kier molecular flexibility index (Phi) is 6.58. The van der Waals surface area contributed by atoms with Crippen LogP contribution in [0.4, 0.5) is 11.4 Å². The van der Waals surface area contributed by atoms with Crippen LogP contribution in [-0.2, 0) is 4.79 Å². The van der Waals surface area contributed by atoms with E-state index in [2.05, 4.69) is 10.6 Å². The van der Waals surface area contributed by atoms with E-state index in [0.29, 0.717) is 17.5 Å². The molecule has 144 valence electrons. The van der Waals surface area contributed by atoms with Crippen molar-refractivity contribution in [2.75, 3.05) is 24.4 Å². The smallest absolute Gasteiger partial charge is 0.262 e. The summed E-state index contributed by atoms with van der Waals surface area (Å²) in [6.07, 6.45) is 6.42. The Balaban J connectivity index is 1.49. The standard InChI is InChI=1S/C22H28N2O3/c1-16-8-13-20(21(14-16)26-2)27-15-22(25)24-19-11-9-18(10-12-19)23-17-6-4-3-5-7-17/h8-14,17,23H,3-7,15H2,1-2H3,(H,24,25). The van der Waals surface area contributed by atoms with Gasteiger partial charge < -0.3 is 20.1 Å². The first-order chi connectivity index (χ1) is 13.1. The third-order valence-corrected chi connectivity index (χ3v) is 4.82. The maximum atomic E-state index is 12.2. The van der Waals surface area contributed by atoms with Gasteiger partial charge in [0.05, 0.1) is 7.11 Å². The molecular weight excluding hydrogens is 340 g/mol. The quantitative estimate of drug-likeness (QED) is 0.739. The summed E-state index contributed by atoms with van der Waals surface area (Å²) >= 11 is 0. The molecule has 1 saturated carbocycles. The topological polar surface area (TPSA) is 59.6 Å². The Morgan fingerprint density at radius 3 is 2.41 bits per heavy atom. The molecule has 3 rings (SSSR count). The molecule has 0 radical (unpaired) electrons. The van der Waals surface area contributed by atoms with Crippen molar-refractivity contribution < 1.29 is 14.3 Å². The molecule has 2 aromatic rings. The molecule has 0 saturated heterocycles. The van der Waals surface area contributed by atoms with Gasteiger partial charge in [-0.3, -0.25) is 4.79 Å². The van der Waals surface area contributed by atoms with Gasteiger partial charge in [0, 0.05) is 17.4 Å². The van der Waals surface area contributed by atoms with Crippen molar-refractivity contribution in [1.29, 1.82) is 0 Å². The van der Waals surface area contributed by atoms with Gasteiger partial charge in [-0.25, -0.2) is 0 Å². The molecule has 0 bridgehead atoms. The number of hydrogen-bond acceptors (Lipinski definition) is 4. The number of amides is 1. The van der Waals surface area contributed by atoms with Crippen LogP contribution in [-0.4, -0.2) is 25.7 Å². The lowest BCUT2D eigenvalue weighted by molar-refractivity contribution is -0.118. The number of carbonyl (C=O) groups is 1. The fourth-order valence-electron chi connectivity index (χ4n) is 3.37. The number of hydrogen-bond donors (Lipinski definition) is 2. The molecule has 27 heavy (non-hydrogen) atoms. The number of carbonyl (C=O) groups excluding carboxylic acids is 1. The zero-order valence-electron chi connectivity index (χ0n) is 16.1. The van der Waals surface area contributed by atoms with Crippen LogP contribution in [0.15, 0.2) is 42.5 Å². The van der Waals surface area contributed by atoms with Crippen LogP contribution in [0.5, 0.6) is 11.5 Å². The Morgan fingerprint density at radius 1 is 1.00 bits per heavy atom. The second-order valence-electron chi connectivity index (χ2n) is 7.05. The van der Waals surface area contributed by atoms with Crippen molar-refractivity contribution >= 4 is 17.3 Å². The third kappa shape index (κ3) is 5.64. The largest absolute Gasteiger partial charge is 0.493 e. The van der Waals surface area contributed by atoms with Crippen LogP contribution in [0.1, 0.15) is 37.7 Å². The zero-order valence-corrected chi connectivity index (χ0v) is 16.1. The predicted octanol–water partition coefficient (Wildman–Crippen LogP) is 4.77. The minimum Gasteiger partial charge on any atom is -0.493 e. The van der Waals surface area contributed by atoms with Crippen molar-refractivity contribution in [2.24, 2.45) is 0 Å². The van der Waals surface area contributed by atoms with Crippen molar-refractivity contribution in [2.45, 2.75) is 45.1 Å². The minimum absolute atomic E-state index is 0.0680. The van der Waals surface area contributed by atoms with E-state index in [4.69, 9.17) is 9.47 Å². The van der Waals surface area contributed by atoms with E-state index in [0.717, 1.165) is 16.9 Å². The number of benzene rings is 2. The number of nitrogens with one attached hydrogen (secondary N) is 2. The van der Waals surface area contributed by atoms with E-state index in [-0.39, 0.29) is 12.5 Å². The molecule has 5 heteroatoms. The van der Waals surface area contributed by atoms with Gasteiger partial charge in [0.2, 0.25) is 0 Å². The molecule has 0 unspecified atom stereocenters. The monoisotopic (exact) mass is 368 g/mol. The minimum atomic E-state index is -0.203. The molecule has 0 aliphatic heterocycles. The molecule has 2 aromatic carbocycles. The number of aryl methyl sites for hydroxylation is 1. The maximum Gasteiger partial charge on any atom is 0.262 e. The average Bonchev–Trinajstić information content (AvgIpc) is 2.69. The van der Waals surface area contributed by atoms with Crippen LogP contribution >= 0.6 is 0 Å². The van der Waals surface area contributed by atoms with Crippen molar-refractivity contribution in [3.8, 4) is 11.5 Å². The molecule has 1 fully saturated rings. The Hall–Kier alpha value is -2.69. The summed E-state index contributed by atoms with van der Waals surface area (Å²) < 4.78 is 10.9. The number of anilines is 2. The molecule has 5 nitrogen and oxygen atoms in total. The highest BCUT2D eigenvalue weighted by atomic mass is 16.5. The highest BCUT2D eigenvalue weighted by Gasteiger charge is 2.13. The highest BCUT2D eigenvalue weighted by Crippen LogP contribution is 2.27. The Labute approximate surface area is 161 Å². The summed E-state index contributed by atoms with van der Waals surface area (Å²) in [5.74, 6) is 0.983. The van der Waals surface area contributed by atoms with E-state index in [9.17, 15) is 4.79 Å². The second-order valence-corrected chi connectivity index (χ2v) is 7.05. The molecular formula is C22H28N2O3. The van der Waals surface area contributed by atoms with E-state index in [1.54, 1.807) is 7.11 Å². The van der Waals surface area contributed by atoms with Crippen molar-refractivity contribution in [1.82, 2.24) is 0 Å². The summed E-state index contributed by atoms with van der Waals surface area (Å²) in [5, 5.41) is 6.43. The summed E-state index contributed by atoms with van der Waals surface area (Å²) in [7, 11) is 1.59. The SMILES string of the molecule is COc1cc(C)ccc1OCC(=O)Nc1ccc(NC2CCCCC2)cc1. The van der Waals surface area contributed by atoms with Gasteiger partial charge in [-0.15, -0.1) is 0 Å². The fourth-order valence-corrected chi connectivity index (χ4v) is 3.37.